The minimum absolute atomic E-state index is 0.180. The number of rotatable bonds is 5. The fraction of sp³-hybridized carbons (Fsp3) is 0.304. The molecule has 0 aliphatic carbocycles. The molecule has 2 heterocycles. The topological polar surface area (TPSA) is 69.4 Å². The Morgan fingerprint density at radius 1 is 1.21 bits per heavy atom. The van der Waals surface area contributed by atoms with Gasteiger partial charge in [0.2, 0.25) is 0 Å². The standard InChI is InChI=1S/C23H23N3O2/c1-16-11-23(26-10-2-3-19(26)14-27)21-9-6-18(12-22(21)25-16)15-28-20-7-4-17(13-24)5-8-20/h4-9,11-12,19,27H,2-3,10,14-15H2,1H3. The van der Waals surface area contributed by atoms with Crippen molar-refractivity contribution in [3.05, 3.63) is 65.4 Å². The highest BCUT2D eigenvalue weighted by atomic mass is 16.5. The molecule has 28 heavy (non-hydrogen) atoms. The summed E-state index contributed by atoms with van der Waals surface area (Å²) in [5.74, 6) is 0.736. The Balaban J connectivity index is 1.59. The number of nitrogens with zero attached hydrogens (tertiary/aromatic N) is 3. The van der Waals surface area contributed by atoms with Gasteiger partial charge in [0, 0.05) is 23.3 Å². The van der Waals surface area contributed by atoms with Gasteiger partial charge in [0.25, 0.3) is 0 Å². The van der Waals surface area contributed by atoms with Gasteiger partial charge >= 0.3 is 0 Å². The lowest BCUT2D eigenvalue weighted by molar-refractivity contribution is 0.266. The van der Waals surface area contributed by atoms with E-state index < -0.39 is 0 Å². The SMILES string of the molecule is Cc1cc(N2CCCC2CO)c2ccc(COc3ccc(C#N)cc3)cc2n1. The summed E-state index contributed by atoms with van der Waals surface area (Å²) in [4.78, 5) is 7.03. The first-order valence-electron chi connectivity index (χ1n) is 9.58. The molecule has 1 atom stereocenters. The van der Waals surface area contributed by atoms with Gasteiger partial charge in [-0.1, -0.05) is 12.1 Å². The first-order chi connectivity index (χ1) is 13.7. The van der Waals surface area contributed by atoms with Gasteiger partial charge in [0.05, 0.1) is 29.8 Å². The molecule has 1 aromatic heterocycles. The van der Waals surface area contributed by atoms with Crippen molar-refractivity contribution < 1.29 is 9.84 Å². The van der Waals surface area contributed by atoms with Crippen LogP contribution in [0.5, 0.6) is 5.75 Å². The summed E-state index contributed by atoms with van der Waals surface area (Å²) >= 11 is 0. The summed E-state index contributed by atoms with van der Waals surface area (Å²) in [5, 5.41) is 19.7. The molecular formula is C23H23N3O2. The van der Waals surface area contributed by atoms with Crippen molar-refractivity contribution in [1.82, 2.24) is 4.98 Å². The summed E-state index contributed by atoms with van der Waals surface area (Å²) in [5.41, 5.74) is 4.73. The Labute approximate surface area is 164 Å². The molecule has 1 N–H and O–H groups in total. The molecule has 5 nitrogen and oxygen atoms in total. The number of fused-ring (bicyclic) bond motifs is 1. The third-order valence-electron chi connectivity index (χ3n) is 5.27. The van der Waals surface area contributed by atoms with Crippen LogP contribution in [-0.4, -0.2) is 29.3 Å². The van der Waals surface area contributed by atoms with Crippen LogP contribution in [0.3, 0.4) is 0 Å². The summed E-state index contributed by atoms with van der Waals surface area (Å²) in [6.07, 6.45) is 2.13. The number of aryl methyl sites for hydroxylation is 1. The predicted octanol–water partition coefficient (Wildman–Crippen LogP) is 3.96. The molecule has 1 unspecified atom stereocenters. The highest BCUT2D eigenvalue weighted by Crippen LogP contribution is 2.33. The molecule has 2 aromatic carbocycles. The van der Waals surface area contributed by atoms with Crippen LogP contribution < -0.4 is 9.64 Å². The molecule has 0 bridgehead atoms. The molecule has 1 aliphatic rings. The highest BCUT2D eigenvalue weighted by molar-refractivity contribution is 5.92. The fourth-order valence-electron chi connectivity index (χ4n) is 3.85. The average Bonchev–Trinajstić information content (AvgIpc) is 3.20. The zero-order chi connectivity index (χ0) is 19.5. The van der Waals surface area contributed by atoms with Gasteiger partial charge in [-0.15, -0.1) is 0 Å². The molecule has 142 valence electrons. The molecule has 1 saturated heterocycles. The molecule has 4 rings (SSSR count). The molecular weight excluding hydrogens is 350 g/mol. The van der Waals surface area contributed by atoms with E-state index in [0.717, 1.165) is 53.0 Å². The van der Waals surface area contributed by atoms with E-state index in [1.807, 2.05) is 19.1 Å². The van der Waals surface area contributed by atoms with Gasteiger partial charge < -0.3 is 14.7 Å². The van der Waals surface area contributed by atoms with E-state index in [0.29, 0.717) is 12.2 Å². The number of aliphatic hydroxyl groups is 1. The van der Waals surface area contributed by atoms with Crippen LogP contribution in [0.1, 0.15) is 29.7 Å². The number of pyridine rings is 1. The van der Waals surface area contributed by atoms with Crippen LogP contribution in [0.15, 0.2) is 48.5 Å². The minimum Gasteiger partial charge on any atom is -0.489 e. The zero-order valence-electron chi connectivity index (χ0n) is 15.9. The molecule has 0 amide bonds. The smallest absolute Gasteiger partial charge is 0.119 e. The second-order valence-electron chi connectivity index (χ2n) is 7.23. The molecule has 3 aromatic rings. The van der Waals surface area contributed by atoms with Gasteiger partial charge in [-0.25, -0.2) is 0 Å². The van der Waals surface area contributed by atoms with E-state index in [2.05, 4.69) is 35.2 Å². The largest absolute Gasteiger partial charge is 0.489 e. The lowest BCUT2D eigenvalue weighted by Crippen LogP contribution is -2.32. The molecule has 1 fully saturated rings. The highest BCUT2D eigenvalue weighted by Gasteiger charge is 2.25. The Morgan fingerprint density at radius 2 is 2.04 bits per heavy atom. The number of aromatic nitrogens is 1. The van der Waals surface area contributed by atoms with Gasteiger partial charge in [-0.05, 0) is 61.7 Å². The number of ether oxygens (including phenoxy) is 1. The fourth-order valence-corrected chi connectivity index (χ4v) is 3.85. The maximum absolute atomic E-state index is 9.70. The van der Waals surface area contributed by atoms with Crippen molar-refractivity contribution in [2.45, 2.75) is 32.4 Å². The Bertz CT molecular complexity index is 1020. The van der Waals surface area contributed by atoms with Crippen LogP contribution in [0, 0.1) is 18.3 Å². The van der Waals surface area contributed by atoms with E-state index in [4.69, 9.17) is 15.0 Å². The second kappa shape index (κ2) is 7.87. The molecule has 5 heteroatoms. The van der Waals surface area contributed by atoms with E-state index in [9.17, 15) is 5.11 Å². The van der Waals surface area contributed by atoms with Crippen molar-refractivity contribution in [1.29, 1.82) is 5.26 Å². The normalized spacial score (nSPS) is 16.3. The monoisotopic (exact) mass is 373 g/mol. The van der Waals surface area contributed by atoms with Gasteiger partial charge in [-0.2, -0.15) is 5.26 Å². The number of benzene rings is 2. The van der Waals surface area contributed by atoms with E-state index >= 15 is 0 Å². The number of anilines is 1. The second-order valence-corrected chi connectivity index (χ2v) is 7.23. The van der Waals surface area contributed by atoms with Crippen molar-refractivity contribution in [3.8, 4) is 11.8 Å². The van der Waals surface area contributed by atoms with Crippen LogP contribution in [0.25, 0.3) is 10.9 Å². The van der Waals surface area contributed by atoms with Gasteiger partial charge in [0.1, 0.15) is 12.4 Å². The number of aliphatic hydroxyl groups excluding tert-OH is 1. The maximum atomic E-state index is 9.70. The molecule has 0 spiro atoms. The first-order valence-corrected chi connectivity index (χ1v) is 9.58. The zero-order valence-corrected chi connectivity index (χ0v) is 15.9. The average molecular weight is 373 g/mol. The summed E-state index contributed by atoms with van der Waals surface area (Å²) in [7, 11) is 0. The molecule has 1 aliphatic heterocycles. The summed E-state index contributed by atoms with van der Waals surface area (Å²) < 4.78 is 5.85. The Hall–Kier alpha value is -3.10. The number of hydrogen-bond acceptors (Lipinski definition) is 5. The van der Waals surface area contributed by atoms with Gasteiger partial charge in [-0.3, -0.25) is 4.98 Å². The van der Waals surface area contributed by atoms with Crippen molar-refractivity contribution >= 4 is 16.6 Å². The van der Waals surface area contributed by atoms with E-state index in [-0.39, 0.29) is 12.6 Å². The van der Waals surface area contributed by atoms with E-state index in [1.54, 1.807) is 12.1 Å². The molecule has 0 saturated carbocycles. The summed E-state index contributed by atoms with van der Waals surface area (Å²) in [6, 6.07) is 17.8. The Kier molecular flexibility index (Phi) is 5.14. The quantitative estimate of drug-likeness (QED) is 0.733. The molecule has 0 radical (unpaired) electrons. The van der Waals surface area contributed by atoms with Crippen LogP contribution >= 0.6 is 0 Å². The third-order valence-corrected chi connectivity index (χ3v) is 5.27. The lowest BCUT2D eigenvalue weighted by Gasteiger charge is -2.27. The van der Waals surface area contributed by atoms with E-state index in [1.165, 1.54) is 0 Å². The Morgan fingerprint density at radius 3 is 2.79 bits per heavy atom. The van der Waals surface area contributed by atoms with Crippen molar-refractivity contribution in [2.24, 2.45) is 0 Å². The van der Waals surface area contributed by atoms with Crippen LogP contribution in [-0.2, 0) is 6.61 Å². The first kappa shape index (κ1) is 18.3. The van der Waals surface area contributed by atoms with Crippen molar-refractivity contribution in [3.63, 3.8) is 0 Å². The van der Waals surface area contributed by atoms with Crippen LogP contribution in [0.2, 0.25) is 0 Å². The lowest BCUT2D eigenvalue weighted by atomic mass is 10.1. The summed E-state index contributed by atoms with van der Waals surface area (Å²) in [6.45, 7) is 3.59. The maximum Gasteiger partial charge on any atom is 0.119 e. The van der Waals surface area contributed by atoms with Crippen molar-refractivity contribution in [2.75, 3.05) is 18.1 Å². The number of nitriles is 1. The predicted molar refractivity (Wildman–Crippen MR) is 109 cm³/mol. The third kappa shape index (κ3) is 3.64. The van der Waals surface area contributed by atoms with Crippen LogP contribution in [0.4, 0.5) is 5.69 Å². The number of hydrogen-bond donors (Lipinski definition) is 1. The van der Waals surface area contributed by atoms with Gasteiger partial charge in [0.15, 0.2) is 0 Å². The minimum atomic E-state index is 0.180.